The van der Waals surface area contributed by atoms with Crippen molar-refractivity contribution in [3.63, 3.8) is 0 Å². The monoisotopic (exact) mass is 399 g/mol. The number of H-pyrrole nitrogens is 1. The highest BCUT2D eigenvalue weighted by molar-refractivity contribution is 7.98. The molecular weight excluding hydrogens is 373 g/mol. The topological polar surface area (TPSA) is 31.5 Å². The van der Waals surface area contributed by atoms with Gasteiger partial charge in [0.1, 0.15) is 11.6 Å². The van der Waals surface area contributed by atoms with Crippen LogP contribution >= 0.6 is 11.8 Å². The van der Waals surface area contributed by atoms with Gasteiger partial charge in [0.05, 0.1) is 7.11 Å². The van der Waals surface area contributed by atoms with Crippen LogP contribution in [0.25, 0.3) is 10.9 Å². The predicted octanol–water partition coefficient (Wildman–Crippen LogP) is 4.36. The normalized spacial score (nSPS) is 16.0. The summed E-state index contributed by atoms with van der Waals surface area (Å²) in [5.74, 6) is 1.51. The first-order valence-corrected chi connectivity index (χ1v) is 10.6. The molecule has 0 amide bonds. The average molecular weight is 400 g/mol. The minimum absolute atomic E-state index is 0.196. The lowest BCUT2D eigenvalue weighted by atomic mass is 10.1. The number of halogens is 1. The summed E-state index contributed by atoms with van der Waals surface area (Å²) in [6, 6.07) is 12.9. The molecule has 3 aromatic rings. The van der Waals surface area contributed by atoms with Crippen LogP contribution in [0.3, 0.4) is 0 Å². The number of hydrogen-bond acceptors (Lipinski definition) is 4. The van der Waals surface area contributed by atoms with Crippen molar-refractivity contribution in [3.8, 4) is 5.75 Å². The molecule has 1 saturated heterocycles. The van der Waals surface area contributed by atoms with Crippen molar-refractivity contribution >= 4 is 22.7 Å². The van der Waals surface area contributed by atoms with Gasteiger partial charge in [0.25, 0.3) is 0 Å². The van der Waals surface area contributed by atoms with Crippen molar-refractivity contribution in [2.24, 2.45) is 0 Å². The van der Waals surface area contributed by atoms with Gasteiger partial charge in [-0.15, -0.1) is 11.8 Å². The van der Waals surface area contributed by atoms with Gasteiger partial charge in [-0.2, -0.15) is 0 Å². The highest BCUT2D eigenvalue weighted by atomic mass is 32.2. The fraction of sp³-hybridized carbons (Fsp3) is 0.364. The number of rotatable bonds is 6. The van der Waals surface area contributed by atoms with E-state index < -0.39 is 0 Å². The maximum Gasteiger partial charge on any atom is 0.123 e. The van der Waals surface area contributed by atoms with Crippen molar-refractivity contribution in [2.45, 2.75) is 17.2 Å². The summed E-state index contributed by atoms with van der Waals surface area (Å²) in [6.45, 7) is 5.30. The Kier molecular flexibility index (Phi) is 5.90. The largest absolute Gasteiger partial charge is 0.497 e. The van der Waals surface area contributed by atoms with Crippen molar-refractivity contribution in [1.82, 2.24) is 14.8 Å². The van der Waals surface area contributed by atoms with E-state index in [9.17, 15) is 4.39 Å². The van der Waals surface area contributed by atoms with Gasteiger partial charge in [-0.1, -0.05) is 0 Å². The van der Waals surface area contributed by atoms with Gasteiger partial charge < -0.3 is 14.6 Å². The molecule has 0 radical (unpaired) electrons. The van der Waals surface area contributed by atoms with Crippen LogP contribution in [0.5, 0.6) is 5.75 Å². The van der Waals surface area contributed by atoms with Crippen LogP contribution in [0, 0.1) is 5.82 Å². The van der Waals surface area contributed by atoms with Gasteiger partial charge in [0.15, 0.2) is 0 Å². The molecule has 148 valence electrons. The number of nitrogens with zero attached hydrogens (tertiary/aromatic N) is 2. The molecule has 1 N–H and O–H groups in total. The van der Waals surface area contributed by atoms with Gasteiger partial charge in [-0.3, -0.25) is 4.90 Å². The van der Waals surface area contributed by atoms with Crippen molar-refractivity contribution in [1.29, 1.82) is 0 Å². The standard InChI is InChI=1S/C22H26FN3OS/c1-25-9-11-26(12-10-25)14-20-19-13-17(27-2)5-8-21(19)24-22(20)15-28-18-6-3-16(23)4-7-18/h3-8,13,24H,9-12,14-15H2,1-2H3. The molecule has 0 bridgehead atoms. The van der Waals surface area contributed by atoms with Crippen LogP contribution in [0.15, 0.2) is 47.4 Å². The molecule has 0 aliphatic carbocycles. The number of likely N-dealkylation sites (N-methyl/N-ethyl adjacent to an activating group) is 1. The maximum atomic E-state index is 13.2. The van der Waals surface area contributed by atoms with Crippen LogP contribution in [-0.4, -0.2) is 55.1 Å². The third-order valence-electron chi connectivity index (χ3n) is 5.38. The Hall–Kier alpha value is -2.02. The Balaban J connectivity index is 1.60. The number of hydrogen-bond donors (Lipinski definition) is 1. The Bertz CT molecular complexity index is 933. The Morgan fingerprint density at radius 2 is 1.82 bits per heavy atom. The van der Waals surface area contributed by atoms with Gasteiger partial charge in [0, 0.05) is 60.0 Å². The first-order valence-electron chi connectivity index (χ1n) is 9.59. The first-order chi connectivity index (χ1) is 13.6. The van der Waals surface area contributed by atoms with Crippen molar-refractivity contribution in [3.05, 3.63) is 59.5 Å². The molecule has 2 aromatic carbocycles. The van der Waals surface area contributed by atoms with Gasteiger partial charge >= 0.3 is 0 Å². The zero-order valence-electron chi connectivity index (χ0n) is 16.4. The van der Waals surface area contributed by atoms with E-state index in [1.807, 2.05) is 18.2 Å². The van der Waals surface area contributed by atoms with E-state index in [-0.39, 0.29) is 5.82 Å². The molecule has 1 fully saturated rings. The zero-order chi connectivity index (χ0) is 19.5. The van der Waals surface area contributed by atoms with E-state index in [0.717, 1.165) is 54.6 Å². The highest BCUT2D eigenvalue weighted by Gasteiger charge is 2.19. The van der Waals surface area contributed by atoms with Crippen LogP contribution in [0.4, 0.5) is 4.39 Å². The molecule has 1 aliphatic rings. The minimum atomic E-state index is -0.196. The molecular formula is C22H26FN3OS. The smallest absolute Gasteiger partial charge is 0.123 e. The second-order valence-corrected chi connectivity index (χ2v) is 8.36. The van der Waals surface area contributed by atoms with Gasteiger partial charge in [-0.05, 0) is 55.1 Å². The number of thioether (sulfide) groups is 1. The van der Waals surface area contributed by atoms with E-state index in [4.69, 9.17) is 4.74 Å². The summed E-state index contributed by atoms with van der Waals surface area (Å²) in [6.07, 6.45) is 0. The fourth-order valence-electron chi connectivity index (χ4n) is 3.63. The van der Waals surface area contributed by atoms with E-state index >= 15 is 0 Å². The Morgan fingerprint density at radius 1 is 1.07 bits per heavy atom. The molecule has 6 heteroatoms. The minimum Gasteiger partial charge on any atom is -0.497 e. The third-order valence-corrected chi connectivity index (χ3v) is 6.41. The molecule has 0 spiro atoms. The molecule has 1 aromatic heterocycles. The number of aromatic amines is 1. The van der Waals surface area contributed by atoms with E-state index in [1.165, 1.54) is 28.8 Å². The first kappa shape index (κ1) is 19.3. The summed E-state index contributed by atoms with van der Waals surface area (Å²) in [4.78, 5) is 9.58. The van der Waals surface area contributed by atoms with Crippen LogP contribution in [-0.2, 0) is 12.3 Å². The number of methoxy groups -OCH3 is 1. The number of benzene rings is 2. The summed E-state index contributed by atoms with van der Waals surface area (Å²) >= 11 is 1.73. The lowest BCUT2D eigenvalue weighted by Gasteiger charge is -2.32. The number of nitrogens with one attached hydrogen (secondary N) is 1. The molecule has 28 heavy (non-hydrogen) atoms. The second-order valence-electron chi connectivity index (χ2n) is 7.32. The number of fused-ring (bicyclic) bond motifs is 1. The molecule has 4 nitrogen and oxygen atoms in total. The van der Waals surface area contributed by atoms with E-state index in [0.29, 0.717) is 0 Å². The van der Waals surface area contributed by atoms with Gasteiger partial charge in [0.2, 0.25) is 0 Å². The molecule has 0 unspecified atom stereocenters. The molecule has 0 atom stereocenters. The van der Waals surface area contributed by atoms with Crippen LogP contribution in [0.2, 0.25) is 0 Å². The number of ether oxygens (including phenoxy) is 1. The predicted molar refractivity (Wildman–Crippen MR) is 114 cm³/mol. The van der Waals surface area contributed by atoms with Gasteiger partial charge in [-0.25, -0.2) is 4.39 Å². The quantitative estimate of drug-likeness (QED) is 0.624. The Labute approximate surface area is 169 Å². The summed E-state index contributed by atoms with van der Waals surface area (Å²) < 4.78 is 18.6. The molecule has 0 saturated carbocycles. The zero-order valence-corrected chi connectivity index (χ0v) is 17.2. The van der Waals surface area contributed by atoms with Crippen LogP contribution in [0.1, 0.15) is 11.3 Å². The molecule has 1 aliphatic heterocycles. The second kappa shape index (κ2) is 8.55. The fourth-order valence-corrected chi connectivity index (χ4v) is 4.52. The summed E-state index contributed by atoms with van der Waals surface area (Å²) in [5, 5.41) is 1.23. The summed E-state index contributed by atoms with van der Waals surface area (Å²) in [5.41, 5.74) is 3.71. The van der Waals surface area contributed by atoms with Crippen molar-refractivity contribution < 1.29 is 9.13 Å². The van der Waals surface area contributed by atoms with E-state index in [1.54, 1.807) is 18.9 Å². The number of piperazine rings is 1. The van der Waals surface area contributed by atoms with Crippen LogP contribution < -0.4 is 4.74 Å². The lowest BCUT2D eigenvalue weighted by molar-refractivity contribution is 0.148. The molecule has 4 rings (SSSR count). The maximum absolute atomic E-state index is 13.2. The lowest BCUT2D eigenvalue weighted by Crippen LogP contribution is -2.43. The number of aromatic nitrogens is 1. The summed E-state index contributed by atoms with van der Waals surface area (Å²) in [7, 11) is 3.89. The van der Waals surface area contributed by atoms with Crippen molar-refractivity contribution in [2.75, 3.05) is 40.3 Å². The highest BCUT2D eigenvalue weighted by Crippen LogP contribution is 2.32. The molecule has 2 heterocycles. The third kappa shape index (κ3) is 4.35. The van der Waals surface area contributed by atoms with E-state index in [2.05, 4.69) is 34.0 Å². The Morgan fingerprint density at radius 3 is 2.54 bits per heavy atom. The SMILES string of the molecule is COc1ccc2[nH]c(CSc3ccc(F)cc3)c(CN3CCN(C)CC3)c2c1. The average Bonchev–Trinajstić information content (AvgIpc) is 3.06.